The monoisotopic (exact) mass is 693 g/mol. The van der Waals surface area contributed by atoms with Gasteiger partial charge in [0.05, 0.1) is 0 Å². The molecule has 4 bridgehead atoms. The van der Waals surface area contributed by atoms with Crippen molar-refractivity contribution in [1.82, 2.24) is 0 Å². The predicted octanol–water partition coefficient (Wildman–Crippen LogP) is 14.3. The Hall–Kier alpha value is -4.10. The molecule has 0 radical (unpaired) electrons. The molecule has 0 unspecified atom stereocenters. The molecule has 5 fully saturated rings. The minimum atomic E-state index is -0.121. The number of benzene rings is 5. The van der Waals surface area contributed by atoms with E-state index in [1.165, 1.54) is 138 Å². The van der Waals surface area contributed by atoms with Crippen molar-refractivity contribution < 1.29 is 0 Å². The summed E-state index contributed by atoms with van der Waals surface area (Å²) < 4.78 is 0. The maximum Gasteiger partial charge on any atom is 0.0465 e. The van der Waals surface area contributed by atoms with Crippen LogP contribution in [-0.4, -0.2) is 0 Å². The molecule has 5 aromatic carbocycles. The Bertz CT molecular complexity index is 2210. The van der Waals surface area contributed by atoms with Gasteiger partial charge in [-0.25, -0.2) is 0 Å². The molecule has 5 saturated carbocycles. The molecular formula is C52H55N. The van der Waals surface area contributed by atoms with Crippen LogP contribution in [0.25, 0.3) is 22.3 Å². The number of fused-ring (bicyclic) bond motifs is 7. The lowest BCUT2D eigenvalue weighted by molar-refractivity contribution is -0.00518. The molecule has 7 aliphatic carbocycles. The highest BCUT2D eigenvalue weighted by atomic mass is 15.1. The van der Waals surface area contributed by atoms with Gasteiger partial charge in [0.1, 0.15) is 0 Å². The smallest absolute Gasteiger partial charge is 0.0465 e. The van der Waals surface area contributed by atoms with Gasteiger partial charge in [0.15, 0.2) is 0 Å². The van der Waals surface area contributed by atoms with Gasteiger partial charge in [0.2, 0.25) is 0 Å². The van der Waals surface area contributed by atoms with Gasteiger partial charge >= 0.3 is 0 Å². The molecule has 7 aliphatic rings. The molecule has 0 aromatic heterocycles. The zero-order chi connectivity index (χ0) is 35.7. The van der Waals surface area contributed by atoms with Crippen molar-refractivity contribution in [2.24, 2.45) is 17.8 Å². The zero-order valence-electron chi connectivity index (χ0n) is 32.3. The zero-order valence-corrected chi connectivity index (χ0v) is 32.3. The van der Waals surface area contributed by atoms with Crippen LogP contribution in [0.4, 0.5) is 17.1 Å². The van der Waals surface area contributed by atoms with Gasteiger partial charge in [-0.3, -0.25) is 0 Å². The third kappa shape index (κ3) is 4.74. The van der Waals surface area contributed by atoms with E-state index in [1.54, 1.807) is 5.56 Å². The second-order valence-electron chi connectivity index (χ2n) is 19.4. The van der Waals surface area contributed by atoms with E-state index in [0.717, 1.165) is 17.8 Å². The normalized spacial score (nSPS) is 26.9. The molecule has 12 rings (SSSR count). The van der Waals surface area contributed by atoms with E-state index in [4.69, 9.17) is 0 Å². The van der Waals surface area contributed by atoms with Crippen molar-refractivity contribution in [2.45, 2.75) is 120 Å². The largest absolute Gasteiger partial charge is 0.310 e. The molecule has 1 nitrogen and oxygen atoms in total. The quantitative estimate of drug-likeness (QED) is 0.177. The van der Waals surface area contributed by atoms with E-state index in [9.17, 15) is 0 Å². The topological polar surface area (TPSA) is 3.24 Å². The molecule has 0 heterocycles. The molecule has 0 spiro atoms. The maximum atomic E-state index is 2.55. The molecule has 5 aromatic rings. The number of hydrogen-bond acceptors (Lipinski definition) is 1. The summed E-state index contributed by atoms with van der Waals surface area (Å²) in [4.78, 5) is 2.55. The first-order chi connectivity index (χ1) is 25.7. The molecule has 0 aliphatic heterocycles. The fourth-order valence-electron chi connectivity index (χ4n) is 13.5. The summed E-state index contributed by atoms with van der Waals surface area (Å²) in [6.45, 7) is 9.83. The van der Waals surface area contributed by atoms with Crippen LogP contribution in [0.15, 0.2) is 103 Å². The highest BCUT2D eigenvalue weighted by Crippen LogP contribution is 2.62. The summed E-state index contributed by atoms with van der Waals surface area (Å²) in [5, 5.41) is 0. The van der Waals surface area contributed by atoms with Crippen LogP contribution < -0.4 is 4.90 Å². The second kappa shape index (κ2) is 11.5. The highest BCUT2D eigenvalue weighted by Gasteiger charge is 2.51. The van der Waals surface area contributed by atoms with Crippen molar-refractivity contribution >= 4 is 17.1 Å². The van der Waals surface area contributed by atoms with Gasteiger partial charge in [0, 0.05) is 27.9 Å². The fourth-order valence-corrected chi connectivity index (χ4v) is 13.5. The van der Waals surface area contributed by atoms with Crippen molar-refractivity contribution in [3.8, 4) is 22.3 Å². The van der Waals surface area contributed by atoms with E-state index in [2.05, 4.69) is 136 Å². The first-order valence-corrected chi connectivity index (χ1v) is 21.1. The molecular weight excluding hydrogens is 639 g/mol. The Morgan fingerprint density at radius 1 is 0.491 bits per heavy atom. The predicted molar refractivity (Wildman–Crippen MR) is 222 cm³/mol. The summed E-state index contributed by atoms with van der Waals surface area (Å²) in [5.41, 5.74) is 18.8. The minimum Gasteiger partial charge on any atom is -0.310 e. The summed E-state index contributed by atoms with van der Waals surface area (Å²) in [5.74, 6) is 3.59. The van der Waals surface area contributed by atoms with Crippen LogP contribution in [0.3, 0.4) is 0 Å². The average molecular weight is 694 g/mol. The molecule has 53 heavy (non-hydrogen) atoms. The number of nitrogens with zero attached hydrogens (tertiary/aromatic N) is 1. The van der Waals surface area contributed by atoms with Crippen molar-refractivity contribution in [3.63, 3.8) is 0 Å². The molecule has 268 valence electrons. The van der Waals surface area contributed by atoms with Gasteiger partial charge in [0.25, 0.3) is 0 Å². The number of hydrogen-bond donors (Lipinski definition) is 0. The van der Waals surface area contributed by atoms with Crippen LogP contribution in [0.5, 0.6) is 0 Å². The third-order valence-corrected chi connectivity index (χ3v) is 15.6. The van der Waals surface area contributed by atoms with Crippen LogP contribution in [0, 0.1) is 17.8 Å². The van der Waals surface area contributed by atoms with E-state index in [-0.39, 0.29) is 10.8 Å². The van der Waals surface area contributed by atoms with Gasteiger partial charge < -0.3 is 4.90 Å². The van der Waals surface area contributed by atoms with Crippen molar-refractivity contribution in [3.05, 3.63) is 137 Å². The number of anilines is 3. The van der Waals surface area contributed by atoms with Crippen LogP contribution in [-0.2, 0) is 16.2 Å². The van der Waals surface area contributed by atoms with Gasteiger partial charge in [-0.15, -0.1) is 0 Å². The first kappa shape index (κ1) is 32.3. The molecule has 0 amide bonds. The summed E-state index contributed by atoms with van der Waals surface area (Å²) in [6.07, 6.45) is 15.5. The van der Waals surface area contributed by atoms with Gasteiger partial charge in [-0.05, 0) is 172 Å². The molecule has 0 N–H and O–H groups in total. The minimum absolute atomic E-state index is 0.0377. The van der Waals surface area contributed by atoms with Crippen molar-refractivity contribution in [1.29, 1.82) is 0 Å². The van der Waals surface area contributed by atoms with Crippen molar-refractivity contribution in [2.75, 3.05) is 4.90 Å². The van der Waals surface area contributed by atoms with Gasteiger partial charge in [-0.1, -0.05) is 114 Å². The Labute approximate surface area is 317 Å². The van der Waals surface area contributed by atoms with E-state index < -0.39 is 0 Å². The Morgan fingerprint density at radius 3 is 1.62 bits per heavy atom. The highest BCUT2D eigenvalue weighted by molar-refractivity contribution is 5.92. The standard InChI is InChI=1S/C52H55N/c1-50(2)46-13-9-8-12-42(46)44-24-25-45-43-23-22-41(29-47(43)51(3,4)49(45)48(44)50)53(39-18-14-37(15-19-39)36-10-6-5-7-11-36)40-20-16-38(17-21-40)52-30-33-26-34(31-52)28-35(27-33)32-52/h8-9,12-25,29,33-36H,5-7,10-11,26-28,30-32H2,1-4H3. The molecule has 1 heteroatoms. The lowest BCUT2D eigenvalue weighted by atomic mass is 9.48. The van der Waals surface area contributed by atoms with E-state index in [0.29, 0.717) is 11.3 Å². The number of rotatable bonds is 5. The summed E-state index contributed by atoms with van der Waals surface area (Å²) in [7, 11) is 0. The van der Waals surface area contributed by atoms with E-state index in [1.807, 2.05) is 0 Å². The summed E-state index contributed by atoms with van der Waals surface area (Å²) in [6, 6.07) is 41.0. The second-order valence-corrected chi connectivity index (χ2v) is 19.4. The average Bonchev–Trinajstić information content (AvgIpc) is 3.54. The molecule has 0 saturated heterocycles. The van der Waals surface area contributed by atoms with Crippen LogP contribution >= 0.6 is 0 Å². The first-order valence-electron chi connectivity index (χ1n) is 21.1. The van der Waals surface area contributed by atoms with E-state index >= 15 is 0 Å². The SMILES string of the molecule is CC1(C)c2ccccc2-c2ccc3c(c21)C(C)(C)c1cc(N(c2ccc(C4CCCCC4)cc2)c2ccc(C45CC6CC(CC(C6)C4)C5)cc2)ccc1-3. The lowest BCUT2D eigenvalue weighted by Gasteiger charge is -2.57. The third-order valence-electron chi connectivity index (χ3n) is 15.6. The Kier molecular flexibility index (Phi) is 6.99. The van der Waals surface area contributed by atoms with Crippen LogP contribution in [0.2, 0.25) is 0 Å². The molecule has 0 atom stereocenters. The fraction of sp³-hybridized carbons (Fsp3) is 0.423. The Morgan fingerprint density at radius 2 is 1.00 bits per heavy atom. The van der Waals surface area contributed by atoms with Gasteiger partial charge in [-0.2, -0.15) is 0 Å². The summed E-state index contributed by atoms with van der Waals surface area (Å²) >= 11 is 0. The Balaban J connectivity index is 1.01. The lowest BCUT2D eigenvalue weighted by Crippen LogP contribution is -2.48. The maximum absolute atomic E-state index is 2.55. The van der Waals surface area contributed by atoms with Crippen LogP contribution in [0.1, 0.15) is 138 Å².